The average molecular weight is 354 g/mol. The standard InChI is InChI=1S/C20H35NO4/c1-5-24-20(25-6-2)14-21(12-18-10-8-7-9-11-18)13-19(22)16-23-15-17(3)4/h7-11,17,19-20,22H,5-6,12-16H2,1-4H3. The van der Waals surface area contributed by atoms with Crippen molar-refractivity contribution < 1.29 is 19.3 Å². The first-order chi connectivity index (χ1) is 12.0. The molecular formula is C20H35NO4. The second kappa shape index (κ2) is 13.3. The van der Waals surface area contributed by atoms with Crippen molar-refractivity contribution in [3.05, 3.63) is 35.9 Å². The molecule has 5 heteroatoms. The van der Waals surface area contributed by atoms with E-state index in [1.807, 2.05) is 32.0 Å². The molecule has 144 valence electrons. The second-order valence-electron chi connectivity index (χ2n) is 6.61. The summed E-state index contributed by atoms with van der Waals surface area (Å²) < 4.78 is 16.9. The van der Waals surface area contributed by atoms with Crippen LogP contribution in [0.15, 0.2) is 30.3 Å². The third kappa shape index (κ3) is 10.6. The predicted octanol–water partition coefficient (Wildman–Crippen LogP) is 2.92. The molecule has 0 spiro atoms. The molecule has 1 N–H and O–H groups in total. The minimum atomic E-state index is -0.536. The van der Waals surface area contributed by atoms with E-state index in [1.54, 1.807) is 0 Å². The van der Waals surface area contributed by atoms with Gasteiger partial charge < -0.3 is 19.3 Å². The van der Waals surface area contributed by atoms with Crippen LogP contribution < -0.4 is 0 Å². The summed E-state index contributed by atoms with van der Waals surface area (Å²) in [4.78, 5) is 2.16. The van der Waals surface area contributed by atoms with E-state index in [4.69, 9.17) is 14.2 Å². The molecule has 5 nitrogen and oxygen atoms in total. The Hall–Kier alpha value is -0.980. The Morgan fingerprint density at radius 2 is 1.60 bits per heavy atom. The Kier molecular flexibility index (Phi) is 11.7. The smallest absolute Gasteiger partial charge is 0.170 e. The third-order valence-corrected chi connectivity index (χ3v) is 3.59. The Morgan fingerprint density at radius 1 is 0.960 bits per heavy atom. The number of aliphatic hydroxyl groups is 1. The second-order valence-corrected chi connectivity index (χ2v) is 6.61. The molecule has 1 aromatic rings. The first kappa shape index (κ1) is 22.1. The zero-order valence-electron chi connectivity index (χ0n) is 16.2. The molecule has 0 aliphatic rings. The number of aliphatic hydroxyl groups excluding tert-OH is 1. The van der Waals surface area contributed by atoms with Crippen molar-refractivity contribution in [1.82, 2.24) is 4.90 Å². The van der Waals surface area contributed by atoms with Crippen LogP contribution in [0.5, 0.6) is 0 Å². The highest BCUT2D eigenvalue weighted by atomic mass is 16.7. The Morgan fingerprint density at radius 3 is 2.16 bits per heavy atom. The Balaban J connectivity index is 2.62. The lowest BCUT2D eigenvalue weighted by Crippen LogP contribution is -2.41. The van der Waals surface area contributed by atoms with Gasteiger partial charge in [-0.3, -0.25) is 4.90 Å². The summed E-state index contributed by atoms with van der Waals surface area (Å²) in [6, 6.07) is 10.2. The molecule has 1 atom stereocenters. The summed E-state index contributed by atoms with van der Waals surface area (Å²) in [5.74, 6) is 0.466. The first-order valence-corrected chi connectivity index (χ1v) is 9.30. The van der Waals surface area contributed by atoms with Crippen molar-refractivity contribution in [1.29, 1.82) is 0 Å². The zero-order chi connectivity index (χ0) is 18.5. The normalized spacial score (nSPS) is 13.1. The van der Waals surface area contributed by atoms with Crippen molar-refractivity contribution in [2.24, 2.45) is 5.92 Å². The molecule has 0 amide bonds. The van der Waals surface area contributed by atoms with Gasteiger partial charge in [-0.2, -0.15) is 0 Å². The summed E-state index contributed by atoms with van der Waals surface area (Å²) in [6.45, 7) is 12.2. The van der Waals surface area contributed by atoms with Crippen LogP contribution in [-0.2, 0) is 20.8 Å². The van der Waals surface area contributed by atoms with Gasteiger partial charge in [0, 0.05) is 39.5 Å². The monoisotopic (exact) mass is 353 g/mol. The average Bonchev–Trinajstić information content (AvgIpc) is 2.55. The van der Waals surface area contributed by atoms with E-state index in [1.165, 1.54) is 5.56 Å². The lowest BCUT2D eigenvalue weighted by atomic mass is 10.2. The van der Waals surface area contributed by atoms with Gasteiger partial charge in [-0.1, -0.05) is 44.2 Å². The molecule has 25 heavy (non-hydrogen) atoms. The van der Waals surface area contributed by atoms with Crippen molar-refractivity contribution >= 4 is 0 Å². The maximum Gasteiger partial charge on any atom is 0.170 e. The number of benzene rings is 1. The van der Waals surface area contributed by atoms with Gasteiger partial charge in [0.1, 0.15) is 0 Å². The van der Waals surface area contributed by atoms with Gasteiger partial charge >= 0.3 is 0 Å². The molecule has 1 aromatic carbocycles. The lowest BCUT2D eigenvalue weighted by Gasteiger charge is -2.29. The molecule has 0 radical (unpaired) electrons. The van der Waals surface area contributed by atoms with Gasteiger partial charge in [0.15, 0.2) is 6.29 Å². The molecule has 0 aliphatic heterocycles. The molecule has 1 rings (SSSR count). The number of rotatable bonds is 14. The molecular weight excluding hydrogens is 318 g/mol. The van der Waals surface area contributed by atoms with Crippen LogP contribution in [0.1, 0.15) is 33.3 Å². The minimum absolute atomic E-state index is 0.289. The summed E-state index contributed by atoms with van der Waals surface area (Å²) in [5.41, 5.74) is 1.20. The SMILES string of the molecule is CCOC(CN(Cc1ccccc1)CC(O)COCC(C)C)OCC. The number of ether oxygens (including phenoxy) is 3. The van der Waals surface area contributed by atoms with E-state index in [-0.39, 0.29) is 6.29 Å². The molecule has 0 aromatic heterocycles. The van der Waals surface area contributed by atoms with Gasteiger partial charge in [-0.15, -0.1) is 0 Å². The topological polar surface area (TPSA) is 51.2 Å². The van der Waals surface area contributed by atoms with Gasteiger partial charge in [-0.05, 0) is 25.3 Å². The first-order valence-electron chi connectivity index (χ1n) is 9.30. The van der Waals surface area contributed by atoms with Crippen LogP contribution in [0, 0.1) is 5.92 Å². The molecule has 0 heterocycles. The van der Waals surface area contributed by atoms with Gasteiger partial charge in [-0.25, -0.2) is 0 Å². The van der Waals surface area contributed by atoms with Crippen LogP contribution in [0.25, 0.3) is 0 Å². The fraction of sp³-hybridized carbons (Fsp3) is 0.700. The Labute approximate surface area is 152 Å². The Bertz CT molecular complexity index is 421. The van der Waals surface area contributed by atoms with E-state index in [0.29, 0.717) is 45.4 Å². The summed E-state index contributed by atoms with van der Waals surface area (Å²) in [5, 5.41) is 10.3. The zero-order valence-corrected chi connectivity index (χ0v) is 16.2. The largest absolute Gasteiger partial charge is 0.389 e. The van der Waals surface area contributed by atoms with E-state index < -0.39 is 6.10 Å². The lowest BCUT2D eigenvalue weighted by molar-refractivity contribution is -0.150. The van der Waals surface area contributed by atoms with Crippen LogP contribution in [0.4, 0.5) is 0 Å². The third-order valence-electron chi connectivity index (χ3n) is 3.59. The van der Waals surface area contributed by atoms with Crippen molar-refractivity contribution in [3.8, 4) is 0 Å². The molecule has 1 unspecified atom stereocenters. The summed E-state index contributed by atoms with van der Waals surface area (Å²) in [7, 11) is 0. The predicted molar refractivity (Wildman–Crippen MR) is 100 cm³/mol. The fourth-order valence-electron chi connectivity index (χ4n) is 2.57. The molecule has 0 bridgehead atoms. The number of hydrogen-bond acceptors (Lipinski definition) is 5. The maximum absolute atomic E-state index is 10.3. The summed E-state index contributed by atoms with van der Waals surface area (Å²) >= 11 is 0. The van der Waals surface area contributed by atoms with Crippen LogP contribution in [-0.4, -0.2) is 61.9 Å². The van der Waals surface area contributed by atoms with Crippen molar-refractivity contribution in [3.63, 3.8) is 0 Å². The number of nitrogens with zero attached hydrogens (tertiary/aromatic N) is 1. The van der Waals surface area contributed by atoms with Crippen LogP contribution in [0.2, 0.25) is 0 Å². The molecule has 0 aliphatic carbocycles. The highest BCUT2D eigenvalue weighted by Gasteiger charge is 2.18. The molecule has 0 fully saturated rings. The highest BCUT2D eigenvalue weighted by molar-refractivity contribution is 5.14. The van der Waals surface area contributed by atoms with Crippen LogP contribution in [0.3, 0.4) is 0 Å². The van der Waals surface area contributed by atoms with Crippen LogP contribution >= 0.6 is 0 Å². The van der Waals surface area contributed by atoms with E-state index in [0.717, 1.165) is 6.54 Å². The van der Waals surface area contributed by atoms with E-state index >= 15 is 0 Å². The van der Waals surface area contributed by atoms with E-state index in [9.17, 15) is 5.11 Å². The molecule has 0 saturated heterocycles. The maximum atomic E-state index is 10.3. The highest BCUT2D eigenvalue weighted by Crippen LogP contribution is 2.09. The summed E-state index contributed by atoms with van der Waals surface area (Å²) in [6.07, 6.45) is -0.825. The van der Waals surface area contributed by atoms with Crippen molar-refractivity contribution in [2.45, 2.75) is 46.6 Å². The van der Waals surface area contributed by atoms with E-state index in [2.05, 4.69) is 30.9 Å². The molecule has 0 saturated carbocycles. The minimum Gasteiger partial charge on any atom is -0.389 e. The van der Waals surface area contributed by atoms with Crippen molar-refractivity contribution in [2.75, 3.05) is 39.5 Å². The quantitative estimate of drug-likeness (QED) is 0.521. The van der Waals surface area contributed by atoms with Gasteiger partial charge in [0.2, 0.25) is 0 Å². The number of hydrogen-bond donors (Lipinski definition) is 1. The fourth-order valence-corrected chi connectivity index (χ4v) is 2.57. The van der Waals surface area contributed by atoms with Gasteiger partial charge in [0.25, 0.3) is 0 Å². The van der Waals surface area contributed by atoms with Gasteiger partial charge in [0.05, 0.1) is 12.7 Å².